The first-order valence-electron chi connectivity index (χ1n) is 11.0. The molecule has 0 aliphatic heterocycles. The van der Waals surface area contributed by atoms with Crippen LogP contribution in [-0.4, -0.2) is 35.5 Å². The maximum absolute atomic E-state index is 12.5. The number of nitrogens with one attached hydrogen (secondary N) is 2. The van der Waals surface area contributed by atoms with Crippen LogP contribution in [0.1, 0.15) is 34.0 Å². The molecule has 11 heteroatoms. The Morgan fingerprint density at radius 1 is 0.919 bits per heavy atom. The normalized spacial score (nSPS) is 10.9. The van der Waals surface area contributed by atoms with Gasteiger partial charge in [0, 0.05) is 17.3 Å². The van der Waals surface area contributed by atoms with Crippen LogP contribution in [-0.2, 0) is 9.59 Å². The number of aryl methyl sites for hydroxylation is 2. The largest absolute Gasteiger partial charge is 0.493 e. The van der Waals surface area contributed by atoms with E-state index in [0.29, 0.717) is 17.0 Å². The van der Waals surface area contributed by atoms with E-state index in [0.717, 1.165) is 11.1 Å². The molecule has 0 aliphatic carbocycles. The Kier molecular flexibility index (Phi) is 8.31. The van der Waals surface area contributed by atoms with Crippen LogP contribution in [0.4, 0.5) is 11.4 Å². The third kappa shape index (κ3) is 6.34. The van der Waals surface area contributed by atoms with Gasteiger partial charge in [-0.05, 0) is 56.2 Å². The molecule has 0 radical (unpaired) electrons. The second-order valence-electron chi connectivity index (χ2n) is 7.89. The monoisotopic (exact) mass is 504 g/mol. The van der Waals surface area contributed by atoms with Gasteiger partial charge < -0.3 is 14.8 Å². The van der Waals surface area contributed by atoms with E-state index < -0.39 is 22.7 Å². The van der Waals surface area contributed by atoms with Crippen LogP contribution in [0.5, 0.6) is 11.5 Å². The van der Waals surface area contributed by atoms with Crippen molar-refractivity contribution in [2.45, 2.75) is 20.8 Å². The summed E-state index contributed by atoms with van der Waals surface area (Å²) in [5.41, 5.74) is 4.63. The predicted octanol–water partition coefficient (Wildman–Crippen LogP) is 3.92. The van der Waals surface area contributed by atoms with Crippen LogP contribution < -0.4 is 20.2 Å². The van der Waals surface area contributed by atoms with Gasteiger partial charge in [-0.3, -0.25) is 19.7 Å². The van der Waals surface area contributed by atoms with Gasteiger partial charge >= 0.3 is 17.8 Å². The molecule has 0 heterocycles. The van der Waals surface area contributed by atoms with E-state index in [9.17, 15) is 24.5 Å². The van der Waals surface area contributed by atoms with E-state index in [4.69, 9.17) is 9.47 Å². The van der Waals surface area contributed by atoms with Gasteiger partial charge in [0.1, 0.15) is 5.56 Å². The molecule has 0 saturated heterocycles. The van der Waals surface area contributed by atoms with Crippen LogP contribution in [0.2, 0.25) is 0 Å². The summed E-state index contributed by atoms with van der Waals surface area (Å²) in [6, 6.07) is 15.4. The third-order valence-electron chi connectivity index (χ3n) is 5.36. The number of benzene rings is 3. The molecular formula is C26H24N4O7. The molecule has 3 aromatic rings. The molecule has 0 bridgehead atoms. The third-order valence-corrected chi connectivity index (χ3v) is 5.36. The molecule has 0 spiro atoms. The van der Waals surface area contributed by atoms with Gasteiger partial charge in [0.05, 0.1) is 17.7 Å². The van der Waals surface area contributed by atoms with Crippen LogP contribution >= 0.6 is 0 Å². The number of hydrazone groups is 1. The lowest BCUT2D eigenvalue weighted by atomic mass is 10.1. The number of anilines is 1. The summed E-state index contributed by atoms with van der Waals surface area (Å²) in [4.78, 5) is 47.6. The fourth-order valence-corrected chi connectivity index (χ4v) is 3.37. The highest BCUT2D eigenvalue weighted by molar-refractivity contribution is 6.39. The maximum atomic E-state index is 12.5. The number of nitro benzene ring substituents is 1. The van der Waals surface area contributed by atoms with Gasteiger partial charge in [-0.15, -0.1) is 0 Å². The van der Waals surface area contributed by atoms with Crippen molar-refractivity contribution >= 4 is 34.9 Å². The Hall–Kier alpha value is -5.06. The molecule has 2 amide bonds. The Morgan fingerprint density at radius 2 is 1.59 bits per heavy atom. The van der Waals surface area contributed by atoms with Crippen LogP contribution in [0.25, 0.3) is 0 Å². The van der Waals surface area contributed by atoms with Crippen molar-refractivity contribution in [2.75, 3.05) is 12.4 Å². The van der Waals surface area contributed by atoms with Crippen molar-refractivity contribution in [3.63, 3.8) is 0 Å². The zero-order valence-corrected chi connectivity index (χ0v) is 20.5. The summed E-state index contributed by atoms with van der Waals surface area (Å²) in [5, 5.41) is 17.7. The van der Waals surface area contributed by atoms with Crippen molar-refractivity contribution in [1.29, 1.82) is 0 Å². The molecule has 0 saturated carbocycles. The highest BCUT2D eigenvalue weighted by Gasteiger charge is 2.22. The van der Waals surface area contributed by atoms with Crippen LogP contribution in [0.3, 0.4) is 0 Å². The highest BCUT2D eigenvalue weighted by Crippen LogP contribution is 2.30. The van der Waals surface area contributed by atoms with E-state index in [1.165, 1.54) is 43.5 Å². The molecule has 3 aromatic carbocycles. The Bertz CT molecular complexity index is 1400. The second kappa shape index (κ2) is 11.6. The number of ether oxygens (including phenoxy) is 2. The van der Waals surface area contributed by atoms with Crippen molar-refractivity contribution < 1.29 is 28.8 Å². The molecule has 2 N–H and O–H groups in total. The van der Waals surface area contributed by atoms with Gasteiger partial charge in [-0.1, -0.05) is 30.3 Å². The Morgan fingerprint density at radius 3 is 2.24 bits per heavy atom. The first-order valence-corrected chi connectivity index (χ1v) is 11.0. The molecule has 3 rings (SSSR count). The number of para-hydroxylation sites is 2. The minimum atomic E-state index is -0.955. The number of esters is 1. The van der Waals surface area contributed by atoms with Gasteiger partial charge in [0.15, 0.2) is 11.5 Å². The van der Waals surface area contributed by atoms with Gasteiger partial charge in [0.25, 0.3) is 5.69 Å². The first-order chi connectivity index (χ1) is 17.6. The second-order valence-corrected chi connectivity index (χ2v) is 7.89. The van der Waals surface area contributed by atoms with E-state index >= 15 is 0 Å². The molecule has 0 atom stereocenters. The summed E-state index contributed by atoms with van der Waals surface area (Å²) in [6.45, 7) is 5.23. The smallest absolute Gasteiger partial charge is 0.350 e. The maximum Gasteiger partial charge on any atom is 0.350 e. The van der Waals surface area contributed by atoms with E-state index in [1.807, 2.05) is 32.0 Å². The summed E-state index contributed by atoms with van der Waals surface area (Å²) in [7, 11) is 1.35. The number of rotatable bonds is 7. The molecule has 0 unspecified atom stereocenters. The molecule has 0 aliphatic rings. The number of amides is 2. The fraction of sp³-hybridized carbons (Fsp3) is 0.154. The molecule has 0 fully saturated rings. The SMILES string of the molecule is COc1cc(C(C)=NNC(=O)C(=O)Nc2c(C)cccc2C)ccc1OC(=O)c1ccccc1[N+](=O)[O-]. The number of carbonyl (C=O) groups is 3. The van der Waals surface area contributed by atoms with Crippen molar-refractivity contribution in [2.24, 2.45) is 5.10 Å². The van der Waals surface area contributed by atoms with Crippen LogP contribution in [0, 0.1) is 24.0 Å². The van der Waals surface area contributed by atoms with E-state index in [-0.39, 0.29) is 22.7 Å². The van der Waals surface area contributed by atoms with E-state index in [1.54, 1.807) is 13.0 Å². The van der Waals surface area contributed by atoms with Gasteiger partial charge in [-0.2, -0.15) is 5.10 Å². The molecule has 37 heavy (non-hydrogen) atoms. The number of nitrogens with zero attached hydrogens (tertiary/aromatic N) is 2. The quantitative estimate of drug-likeness (QED) is 0.124. The minimum absolute atomic E-state index is 0.0271. The summed E-state index contributed by atoms with van der Waals surface area (Å²) >= 11 is 0. The molecular weight excluding hydrogens is 480 g/mol. The van der Waals surface area contributed by atoms with Gasteiger partial charge in [-0.25, -0.2) is 10.2 Å². The molecule has 11 nitrogen and oxygen atoms in total. The number of hydrogen-bond acceptors (Lipinski definition) is 8. The minimum Gasteiger partial charge on any atom is -0.493 e. The van der Waals surface area contributed by atoms with Crippen molar-refractivity contribution in [3.05, 3.63) is 93.0 Å². The topological polar surface area (TPSA) is 149 Å². The number of methoxy groups -OCH3 is 1. The number of carbonyl (C=O) groups excluding carboxylic acids is 3. The lowest BCUT2D eigenvalue weighted by Gasteiger charge is -2.12. The standard InChI is InChI=1S/C26H24N4O7/c1-15-8-7-9-16(2)23(15)27-24(31)25(32)29-28-17(3)18-12-13-21(22(14-18)36-4)37-26(33)19-10-5-6-11-20(19)30(34)35/h5-14H,1-4H3,(H,27,31)(H,29,32). The fourth-order valence-electron chi connectivity index (χ4n) is 3.37. The summed E-state index contributed by atoms with van der Waals surface area (Å²) < 4.78 is 10.6. The van der Waals surface area contributed by atoms with Crippen molar-refractivity contribution in [3.8, 4) is 11.5 Å². The zero-order chi connectivity index (χ0) is 27.1. The predicted molar refractivity (Wildman–Crippen MR) is 136 cm³/mol. The number of nitro groups is 1. The van der Waals surface area contributed by atoms with Gasteiger partial charge in [0.2, 0.25) is 0 Å². The zero-order valence-electron chi connectivity index (χ0n) is 20.5. The summed E-state index contributed by atoms with van der Waals surface area (Å²) in [6.07, 6.45) is 0. The Labute approximate surface area is 212 Å². The van der Waals surface area contributed by atoms with Crippen LogP contribution in [0.15, 0.2) is 65.8 Å². The average molecular weight is 504 g/mol. The Balaban J connectivity index is 1.72. The lowest BCUT2D eigenvalue weighted by Crippen LogP contribution is -2.33. The lowest BCUT2D eigenvalue weighted by molar-refractivity contribution is -0.385. The first kappa shape index (κ1) is 26.5. The number of hydrogen-bond donors (Lipinski definition) is 2. The average Bonchev–Trinajstić information content (AvgIpc) is 2.89. The molecule has 190 valence electrons. The highest BCUT2D eigenvalue weighted by atomic mass is 16.6. The summed E-state index contributed by atoms with van der Waals surface area (Å²) in [5.74, 6) is -2.57. The molecule has 0 aromatic heterocycles. The van der Waals surface area contributed by atoms with E-state index in [2.05, 4.69) is 15.8 Å². The van der Waals surface area contributed by atoms with Crippen molar-refractivity contribution in [1.82, 2.24) is 5.43 Å².